The van der Waals surface area contributed by atoms with Crippen LogP contribution in [0.2, 0.25) is 0 Å². The molecule has 5 aliphatic rings. The Balaban J connectivity index is 0.928. The number of hydrogen-bond acceptors (Lipinski definition) is 12. The van der Waals surface area contributed by atoms with Crippen molar-refractivity contribution in [1.82, 2.24) is 16.0 Å². The molecule has 16 nitrogen and oxygen atoms in total. The second kappa shape index (κ2) is 22.5. The number of Topliss-reactive ketones (excluding diaryl/α,β-unsaturated/α-hetero) is 1. The van der Waals surface area contributed by atoms with Crippen LogP contribution in [0.1, 0.15) is 129 Å². The number of aliphatic hydroxyl groups excluding tert-OH is 2. The van der Waals surface area contributed by atoms with Crippen molar-refractivity contribution in [3.63, 3.8) is 0 Å². The normalized spacial score (nSPS) is 31.7. The fourth-order valence-corrected chi connectivity index (χ4v) is 13.7. The number of aliphatic hydroxyl groups is 2. The zero-order valence-electron chi connectivity index (χ0n) is 43.0. The molecule has 0 aromatic heterocycles. The first-order valence-corrected chi connectivity index (χ1v) is 26.6. The molecule has 4 amide bonds. The fraction of sp³-hybridized carbons (Fsp3) is 0.582. The lowest BCUT2D eigenvalue weighted by molar-refractivity contribution is -0.235. The number of nitrogens with one attached hydrogen (secondary N) is 4. The molecule has 4 aliphatic carbocycles. The molecule has 7 N–H and O–H groups in total. The minimum Gasteiger partial charge on any atom is -0.481 e. The molecule has 3 saturated carbocycles. The number of halogens is 2. The Bertz CT molecular complexity index is 2560. The molecule has 0 bridgehead atoms. The highest BCUT2D eigenvalue weighted by Gasteiger charge is 2.80. The summed E-state index contributed by atoms with van der Waals surface area (Å²) < 4.78 is 47.0. The molecule has 19 heteroatoms. The van der Waals surface area contributed by atoms with E-state index >= 15 is 8.78 Å². The van der Waals surface area contributed by atoms with Crippen LogP contribution in [0.25, 0.3) is 0 Å². The molecular formula is C55H70F2N4O12S. The molecule has 1 heterocycles. The molecule has 15 atom stereocenters. The number of carbonyl (C=O) groups is 7. The number of aliphatic carboxylic acids is 1. The zero-order chi connectivity index (χ0) is 54.1. The maximum absolute atomic E-state index is 17.8. The number of carboxylic acids is 1. The third-order valence-corrected chi connectivity index (χ3v) is 17.9. The number of unbranched alkanes of at least 4 members (excludes halogenated alkanes) is 1. The Labute approximate surface area is 434 Å². The second-order valence-corrected chi connectivity index (χ2v) is 22.9. The smallest absolute Gasteiger partial charge is 0.305 e. The predicted octanol–water partition coefficient (Wildman–Crippen LogP) is 6.09. The number of amides is 4. The van der Waals surface area contributed by atoms with Crippen LogP contribution in [0.3, 0.4) is 0 Å². The molecular weight excluding hydrogens is 979 g/mol. The van der Waals surface area contributed by atoms with E-state index in [1.165, 1.54) is 44.7 Å². The van der Waals surface area contributed by atoms with Gasteiger partial charge in [0.25, 0.3) is 0 Å². The number of ketones is 2. The number of hydrogen-bond donors (Lipinski definition) is 7. The topological polar surface area (TPSA) is 247 Å². The van der Waals surface area contributed by atoms with Crippen LogP contribution in [-0.4, -0.2) is 122 Å². The molecule has 1 aliphatic heterocycles. The molecule has 2 aromatic rings. The van der Waals surface area contributed by atoms with Gasteiger partial charge in [-0.2, -0.15) is 0 Å². The zero-order valence-corrected chi connectivity index (χ0v) is 43.8. The van der Waals surface area contributed by atoms with Crippen LogP contribution in [0.4, 0.5) is 14.5 Å². The van der Waals surface area contributed by atoms with Gasteiger partial charge in [0.2, 0.25) is 23.6 Å². The van der Waals surface area contributed by atoms with E-state index in [2.05, 4.69) is 28.2 Å². The van der Waals surface area contributed by atoms with Gasteiger partial charge in [-0.1, -0.05) is 83.0 Å². The van der Waals surface area contributed by atoms with E-state index in [0.717, 1.165) is 36.5 Å². The Morgan fingerprint density at radius 3 is 2.30 bits per heavy atom. The van der Waals surface area contributed by atoms with E-state index in [4.69, 9.17) is 9.47 Å². The van der Waals surface area contributed by atoms with E-state index in [-0.39, 0.29) is 55.4 Å². The molecule has 4 fully saturated rings. The number of fused-ring (bicyclic) bond motifs is 7. The minimum atomic E-state index is -2.37. The molecule has 1 saturated heterocycles. The van der Waals surface area contributed by atoms with Gasteiger partial charge in [0.15, 0.2) is 29.1 Å². The van der Waals surface area contributed by atoms with Crippen molar-refractivity contribution in [2.45, 2.75) is 164 Å². The van der Waals surface area contributed by atoms with E-state index < -0.39 is 124 Å². The van der Waals surface area contributed by atoms with E-state index in [9.17, 15) is 48.9 Å². The summed E-state index contributed by atoms with van der Waals surface area (Å²) in [5.41, 5.74) is -4.26. The van der Waals surface area contributed by atoms with Crippen molar-refractivity contribution in [2.24, 2.45) is 22.7 Å². The van der Waals surface area contributed by atoms with Gasteiger partial charge in [-0.05, 0) is 93.4 Å². The lowest BCUT2D eigenvalue weighted by Crippen LogP contribution is -2.70. The average Bonchev–Trinajstić information content (AvgIpc) is 3.86. The van der Waals surface area contributed by atoms with Crippen molar-refractivity contribution in [3.05, 3.63) is 89.0 Å². The average molecular weight is 1050 g/mol. The van der Waals surface area contributed by atoms with Crippen LogP contribution in [0, 0.1) is 22.7 Å². The van der Waals surface area contributed by atoms with Crippen molar-refractivity contribution >= 4 is 58.6 Å². The summed E-state index contributed by atoms with van der Waals surface area (Å²) in [6.45, 7) is 11.2. The Morgan fingerprint density at radius 1 is 0.919 bits per heavy atom. The molecule has 0 radical (unpaired) electrons. The summed E-state index contributed by atoms with van der Waals surface area (Å²) in [4.78, 5) is 89.4. The monoisotopic (exact) mass is 1050 g/mol. The second-order valence-electron chi connectivity index (χ2n) is 21.2. The number of allylic oxidation sites excluding steroid dienone is 4. The van der Waals surface area contributed by atoms with Gasteiger partial charge < -0.3 is 46.1 Å². The standard InChI is InChI=1S/C55H70F2N4O12S/c1-8-9-11-29(2)74-42(26-47(67)68)50(71)58-21-19-46(66)59-31(4)48(69)60-32(5)49(70)61-36-13-10-12-35(22-36)30(3)33-14-16-34(17-15-33)51-72-45-25-38-39-24-41(56)40-23-37(63)18-20-52(40,6)54(39,57)43(64)27-53(38,7)55(45,73-51)44(65)28-62/h10,12-18,20,22-23,29-32,38-39,41-43,45,51,62,64H,8-9,11,19,21,24-28H2,1-7H3,(H,58,71)(H,59,66)(H,60,69)(H,61,70)(H,67,68)/t29?,30-,31+,32+,38?,39+,41+,42?,43+,45-,51-,52+,53+,54+,55-/m1/s1. The molecule has 0 spiro atoms. The molecule has 74 heavy (non-hydrogen) atoms. The Hall–Kier alpha value is -5.34. The van der Waals surface area contributed by atoms with Gasteiger partial charge in [-0.3, -0.25) is 33.6 Å². The number of thioether (sulfide) groups is 1. The lowest BCUT2D eigenvalue weighted by Gasteiger charge is -2.63. The molecule has 7 rings (SSSR count). The summed E-state index contributed by atoms with van der Waals surface area (Å²) >= 11 is 1.29. The molecule has 402 valence electrons. The summed E-state index contributed by atoms with van der Waals surface area (Å²) in [5, 5.41) is 41.4. The van der Waals surface area contributed by atoms with Gasteiger partial charge in [0, 0.05) is 52.1 Å². The number of ether oxygens (including phenoxy) is 2. The molecule has 3 unspecified atom stereocenters. The number of anilines is 1. The fourth-order valence-electron chi connectivity index (χ4n) is 12.4. The van der Waals surface area contributed by atoms with Gasteiger partial charge in [-0.15, -0.1) is 11.8 Å². The van der Waals surface area contributed by atoms with Gasteiger partial charge in [0.1, 0.15) is 24.9 Å². The SMILES string of the molecule is CCCCC(C)SC(CC(=O)O)C(=O)NCCC(=O)N[C@@H](C)C(=O)N[C@@H](C)C(=O)Nc1cccc([C@H](C)c2ccc([C@@H]3O[C@@H]4CC5[C@@H]6C[C@H](F)C7=CC(=O)C=C[C@]7(C)[C@@]6(F)[C@@H](O)C[C@]5(C)[C@]4(C(=O)CO)O3)cc2)c1. The highest BCUT2D eigenvalue weighted by atomic mass is 32.2. The van der Waals surface area contributed by atoms with Crippen LogP contribution in [0.15, 0.2) is 72.3 Å². The maximum atomic E-state index is 17.8. The molecule has 2 aromatic carbocycles. The summed E-state index contributed by atoms with van der Waals surface area (Å²) in [5.74, 6) is -6.29. The van der Waals surface area contributed by atoms with Gasteiger partial charge in [-0.25, -0.2) is 8.78 Å². The number of carbonyl (C=O) groups excluding carboxylic acids is 6. The van der Waals surface area contributed by atoms with Gasteiger partial charge >= 0.3 is 5.97 Å². The number of rotatable bonds is 21. The Kier molecular flexibility index (Phi) is 17.1. The first kappa shape index (κ1) is 56.4. The van der Waals surface area contributed by atoms with Crippen LogP contribution >= 0.6 is 11.8 Å². The summed E-state index contributed by atoms with van der Waals surface area (Å²) in [6.07, 6.45) is 0.189. The van der Waals surface area contributed by atoms with E-state index in [1.807, 2.05) is 32.0 Å². The highest BCUT2D eigenvalue weighted by Crippen LogP contribution is 2.72. The van der Waals surface area contributed by atoms with Gasteiger partial charge in [0.05, 0.1) is 23.9 Å². The lowest BCUT2D eigenvalue weighted by atomic mass is 9.44. The van der Waals surface area contributed by atoms with Crippen LogP contribution in [-0.2, 0) is 43.0 Å². The Morgan fingerprint density at radius 2 is 1.62 bits per heavy atom. The summed E-state index contributed by atoms with van der Waals surface area (Å²) in [6, 6.07) is 12.5. The third kappa shape index (κ3) is 10.6. The largest absolute Gasteiger partial charge is 0.481 e. The first-order chi connectivity index (χ1) is 34.9. The highest BCUT2D eigenvalue weighted by molar-refractivity contribution is 8.01. The first-order valence-electron chi connectivity index (χ1n) is 25.6. The number of alkyl halides is 2. The third-order valence-electron chi connectivity index (χ3n) is 16.5. The van der Waals surface area contributed by atoms with Crippen LogP contribution < -0.4 is 21.3 Å². The van der Waals surface area contributed by atoms with Crippen molar-refractivity contribution in [1.29, 1.82) is 0 Å². The predicted molar refractivity (Wildman–Crippen MR) is 272 cm³/mol. The quantitative estimate of drug-likeness (QED) is 0.0749. The van der Waals surface area contributed by atoms with E-state index in [0.29, 0.717) is 11.3 Å². The van der Waals surface area contributed by atoms with Crippen molar-refractivity contribution in [2.75, 3.05) is 18.5 Å². The number of carboxylic acid groups (broad SMARTS) is 1. The maximum Gasteiger partial charge on any atom is 0.305 e. The van der Waals surface area contributed by atoms with Crippen molar-refractivity contribution < 1.29 is 67.1 Å². The van der Waals surface area contributed by atoms with Crippen LogP contribution in [0.5, 0.6) is 0 Å². The van der Waals surface area contributed by atoms with Crippen molar-refractivity contribution in [3.8, 4) is 0 Å². The minimum absolute atomic E-state index is 0.00600. The summed E-state index contributed by atoms with van der Waals surface area (Å²) in [7, 11) is 0. The number of benzene rings is 2. The van der Waals surface area contributed by atoms with E-state index in [1.54, 1.807) is 37.3 Å².